The lowest BCUT2D eigenvalue weighted by Gasteiger charge is -2.12. The van der Waals surface area contributed by atoms with Crippen LogP contribution >= 0.6 is 28.7 Å². The number of rotatable bonds is 3. The molecular weight excluding hydrogens is 190 g/mol. The SMILES string of the molecule is CC(C)CC(C)[P+](O)(Cl)Cl. The van der Waals surface area contributed by atoms with E-state index in [1.165, 1.54) is 0 Å². The van der Waals surface area contributed by atoms with Gasteiger partial charge in [0.1, 0.15) is 28.1 Å². The molecule has 0 rings (SSSR count). The van der Waals surface area contributed by atoms with Gasteiger partial charge in [0, 0.05) is 0 Å². The summed E-state index contributed by atoms with van der Waals surface area (Å²) < 4.78 is 0. The zero-order valence-electron chi connectivity index (χ0n) is 6.51. The van der Waals surface area contributed by atoms with E-state index >= 15 is 0 Å². The lowest BCUT2D eigenvalue weighted by molar-refractivity contribution is 0.548. The Hall–Kier alpha value is 0.970. The molecule has 0 aliphatic carbocycles. The summed E-state index contributed by atoms with van der Waals surface area (Å²) in [6.07, 6.45) is -1.73. The van der Waals surface area contributed by atoms with Gasteiger partial charge in [0.05, 0.1) is 0 Å². The minimum absolute atomic E-state index is 0.0378. The van der Waals surface area contributed by atoms with E-state index in [-0.39, 0.29) is 5.66 Å². The van der Waals surface area contributed by atoms with Crippen molar-refractivity contribution in [3.63, 3.8) is 0 Å². The van der Waals surface area contributed by atoms with E-state index in [0.717, 1.165) is 6.42 Å². The maximum absolute atomic E-state index is 9.18. The Morgan fingerprint density at radius 2 is 1.70 bits per heavy atom. The lowest BCUT2D eigenvalue weighted by Crippen LogP contribution is -2.05. The van der Waals surface area contributed by atoms with Crippen molar-refractivity contribution in [1.29, 1.82) is 0 Å². The molecule has 0 aromatic carbocycles. The molecule has 0 saturated carbocycles. The molecule has 0 saturated heterocycles. The van der Waals surface area contributed by atoms with Crippen LogP contribution in [0.1, 0.15) is 27.2 Å². The van der Waals surface area contributed by atoms with E-state index < -0.39 is 6.19 Å². The fourth-order valence-corrected chi connectivity index (χ4v) is 1.96. The molecule has 0 radical (unpaired) electrons. The minimum atomic E-state index is -2.62. The van der Waals surface area contributed by atoms with Gasteiger partial charge in [-0.3, -0.25) is 0 Å². The van der Waals surface area contributed by atoms with Crippen molar-refractivity contribution in [2.24, 2.45) is 5.92 Å². The van der Waals surface area contributed by atoms with Crippen molar-refractivity contribution in [3.8, 4) is 0 Å². The van der Waals surface area contributed by atoms with E-state index in [9.17, 15) is 4.89 Å². The normalized spacial score (nSPS) is 15.9. The lowest BCUT2D eigenvalue weighted by atomic mass is 10.1. The third kappa shape index (κ3) is 4.73. The van der Waals surface area contributed by atoms with Crippen LogP contribution in [0.15, 0.2) is 0 Å². The summed E-state index contributed by atoms with van der Waals surface area (Å²) in [5.41, 5.74) is 0.0378. The monoisotopic (exact) mass is 203 g/mol. The first-order valence-corrected chi connectivity index (χ1v) is 6.97. The van der Waals surface area contributed by atoms with Gasteiger partial charge >= 0.3 is 6.19 Å². The first-order chi connectivity index (χ1) is 4.34. The molecule has 1 nitrogen and oxygen atoms in total. The Morgan fingerprint density at radius 1 is 1.30 bits per heavy atom. The van der Waals surface area contributed by atoms with Gasteiger partial charge < -0.3 is 0 Å². The second-order valence-electron chi connectivity index (χ2n) is 3.00. The third-order valence-corrected chi connectivity index (χ3v) is 4.61. The van der Waals surface area contributed by atoms with Crippen LogP contribution in [-0.4, -0.2) is 10.6 Å². The van der Waals surface area contributed by atoms with Crippen LogP contribution in [0, 0.1) is 5.92 Å². The van der Waals surface area contributed by atoms with Crippen LogP contribution in [0.3, 0.4) is 0 Å². The molecule has 0 bridgehead atoms. The molecule has 1 atom stereocenters. The Balaban J connectivity index is 3.73. The first kappa shape index (κ1) is 11.0. The van der Waals surface area contributed by atoms with Gasteiger partial charge in [0.25, 0.3) is 0 Å². The van der Waals surface area contributed by atoms with Crippen molar-refractivity contribution in [1.82, 2.24) is 0 Å². The van der Waals surface area contributed by atoms with Crippen LogP contribution in [-0.2, 0) is 0 Å². The van der Waals surface area contributed by atoms with E-state index in [1.54, 1.807) is 0 Å². The Bertz CT molecular complexity index is 100. The van der Waals surface area contributed by atoms with Gasteiger partial charge in [-0.1, -0.05) is 13.8 Å². The number of hydrogen-bond acceptors (Lipinski definition) is 1. The molecule has 0 amide bonds. The summed E-state index contributed by atoms with van der Waals surface area (Å²) in [7, 11) is 0. The van der Waals surface area contributed by atoms with Crippen LogP contribution < -0.4 is 0 Å². The largest absolute Gasteiger partial charge is 0.338 e. The molecule has 1 unspecified atom stereocenters. The minimum Gasteiger partial charge on any atom is -0.214 e. The Labute approximate surface area is 72.7 Å². The summed E-state index contributed by atoms with van der Waals surface area (Å²) in [4.78, 5) is 9.18. The molecule has 0 aromatic heterocycles. The van der Waals surface area contributed by atoms with Gasteiger partial charge in [0.15, 0.2) is 0 Å². The van der Waals surface area contributed by atoms with Gasteiger partial charge in [-0.25, -0.2) is 4.89 Å². The van der Waals surface area contributed by atoms with Crippen molar-refractivity contribution in [3.05, 3.63) is 0 Å². The molecule has 0 heterocycles. The fraction of sp³-hybridized carbons (Fsp3) is 1.00. The third-order valence-electron chi connectivity index (χ3n) is 1.34. The molecule has 10 heavy (non-hydrogen) atoms. The summed E-state index contributed by atoms with van der Waals surface area (Å²) in [5.74, 6) is 0.541. The predicted octanol–water partition coefficient (Wildman–Crippen LogP) is 3.65. The average Bonchev–Trinajstić information content (AvgIpc) is 1.60. The molecule has 1 N–H and O–H groups in total. The summed E-state index contributed by atoms with van der Waals surface area (Å²) >= 11 is 11.1. The van der Waals surface area contributed by atoms with Gasteiger partial charge in [-0.05, 0) is 19.3 Å². The molecule has 4 heteroatoms. The van der Waals surface area contributed by atoms with Crippen molar-refractivity contribution in [2.75, 3.05) is 0 Å². The van der Waals surface area contributed by atoms with Crippen molar-refractivity contribution < 1.29 is 4.89 Å². The van der Waals surface area contributed by atoms with Crippen molar-refractivity contribution >= 4 is 28.7 Å². The van der Waals surface area contributed by atoms with E-state index in [1.807, 2.05) is 6.92 Å². The van der Waals surface area contributed by atoms with E-state index in [2.05, 4.69) is 13.8 Å². The van der Waals surface area contributed by atoms with Gasteiger partial charge in [-0.15, -0.1) is 0 Å². The Morgan fingerprint density at radius 3 is 1.80 bits per heavy atom. The highest BCUT2D eigenvalue weighted by Crippen LogP contribution is 2.70. The second kappa shape index (κ2) is 4.11. The molecule has 0 fully saturated rings. The molecule has 0 spiro atoms. The highest BCUT2D eigenvalue weighted by molar-refractivity contribution is 8.13. The highest BCUT2D eigenvalue weighted by atomic mass is 35.9. The maximum Gasteiger partial charge on any atom is 0.338 e. The highest BCUT2D eigenvalue weighted by Gasteiger charge is 2.39. The molecule has 0 aromatic rings. The summed E-state index contributed by atoms with van der Waals surface area (Å²) in [6.45, 7) is 6.05. The topological polar surface area (TPSA) is 20.2 Å². The van der Waals surface area contributed by atoms with Crippen LogP contribution in [0.2, 0.25) is 0 Å². The first-order valence-electron chi connectivity index (χ1n) is 3.34. The van der Waals surface area contributed by atoms with Gasteiger partial charge in [-0.2, -0.15) is 0 Å². The number of hydrogen-bond donors (Lipinski definition) is 1. The number of halogens is 2. The molecule has 0 aliphatic heterocycles. The van der Waals surface area contributed by atoms with Crippen molar-refractivity contribution in [2.45, 2.75) is 32.9 Å². The maximum atomic E-state index is 9.18. The molecule has 0 aliphatic rings. The quantitative estimate of drug-likeness (QED) is 0.695. The fourth-order valence-electron chi connectivity index (χ4n) is 0.809. The van der Waals surface area contributed by atoms with Crippen LogP contribution in [0.25, 0.3) is 0 Å². The molecular formula is C6H14Cl2OP+. The second-order valence-corrected chi connectivity index (χ2v) is 8.55. The summed E-state index contributed by atoms with van der Waals surface area (Å²) in [6, 6.07) is 0. The zero-order chi connectivity index (χ0) is 8.36. The average molecular weight is 204 g/mol. The predicted molar refractivity (Wildman–Crippen MR) is 49.8 cm³/mol. The Kier molecular flexibility index (Phi) is 4.51. The standard InChI is InChI=1S/C6H14Cl2OP/c1-5(2)4-6(3)10(7,8)9/h5-6,9H,4H2,1-3H3/q+1. The van der Waals surface area contributed by atoms with Crippen LogP contribution in [0.4, 0.5) is 0 Å². The van der Waals surface area contributed by atoms with E-state index in [4.69, 9.17) is 22.5 Å². The smallest absolute Gasteiger partial charge is 0.214 e. The van der Waals surface area contributed by atoms with Gasteiger partial charge in [0.2, 0.25) is 0 Å². The summed E-state index contributed by atoms with van der Waals surface area (Å²) in [5, 5.41) is 0. The van der Waals surface area contributed by atoms with Crippen LogP contribution in [0.5, 0.6) is 0 Å². The molecule has 62 valence electrons. The zero-order valence-corrected chi connectivity index (χ0v) is 8.92. The van der Waals surface area contributed by atoms with E-state index in [0.29, 0.717) is 5.92 Å².